The molecule has 0 atom stereocenters. The molecule has 0 radical (unpaired) electrons. The Labute approximate surface area is 233 Å². The zero-order chi connectivity index (χ0) is 27.8. The molecule has 0 unspecified atom stereocenters. The highest BCUT2D eigenvalue weighted by Crippen LogP contribution is 2.40. The van der Waals surface area contributed by atoms with E-state index in [9.17, 15) is 0 Å². The molecule has 0 saturated carbocycles. The van der Waals surface area contributed by atoms with Crippen molar-refractivity contribution in [3.05, 3.63) is 90.5 Å². The number of ether oxygens (including phenoxy) is 1. The van der Waals surface area contributed by atoms with E-state index in [1.807, 2.05) is 24.3 Å². The van der Waals surface area contributed by atoms with Crippen LogP contribution in [0.25, 0.3) is 28.1 Å². The summed E-state index contributed by atoms with van der Waals surface area (Å²) < 4.78 is 6.38. The summed E-state index contributed by atoms with van der Waals surface area (Å²) in [4.78, 5) is 4.81. The highest BCUT2D eigenvalue weighted by molar-refractivity contribution is 5.91. The third-order valence-corrected chi connectivity index (χ3v) is 8.56. The molecule has 1 aliphatic rings. The molecule has 39 heavy (non-hydrogen) atoms. The molecule has 2 heterocycles. The van der Waals surface area contributed by atoms with E-state index in [0.29, 0.717) is 12.6 Å². The van der Waals surface area contributed by atoms with Crippen molar-refractivity contribution in [1.82, 2.24) is 15.1 Å². The summed E-state index contributed by atoms with van der Waals surface area (Å²) in [5.41, 5.74) is 4.15. The SMILES string of the molecule is C=Cc1ccc2cc(-c3ccc(N(C)C4CC(C)(C)N(C)C(C)(C)C4)nn3)c(OCc3ccccc3)cc2c1. The maximum absolute atomic E-state index is 6.38. The Morgan fingerprint density at radius 3 is 2.28 bits per heavy atom. The maximum atomic E-state index is 6.38. The first-order valence-electron chi connectivity index (χ1n) is 13.8. The van der Waals surface area contributed by atoms with Gasteiger partial charge in [0.1, 0.15) is 12.4 Å². The van der Waals surface area contributed by atoms with E-state index in [-0.39, 0.29) is 11.1 Å². The molecule has 4 aromatic rings. The molecule has 5 nitrogen and oxygen atoms in total. The molecule has 202 valence electrons. The van der Waals surface area contributed by atoms with E-state index >= 15 is 0 Å². The summed E-state index contributed by atoms with van der Waals surface area (Å²) in [5, 5.41) is 11.6. The van der Waals surface area contributed by atoms with Crippen molar-refractivity contribution < 1.29 is 4.74 Å². The van der Waals surface area contributed by atoms with Crippen molar-refractivity contribution in [2.75, 3.05) is 19.0 Å². The normalized spacial score (nSPS) is 17.2. The summed E-state index contributed by atoms with van der Waals surface area (Å²) >= 11 is 0. The van der Waals surface area contributed by atoms with Crippen LogP contribution >= 0.6 is 0 Å². The van der Waals surface area contributed by atoms with Crippen molar-refractivity contribution in [2.45, 2.75) is 64.3 Å². The Morgan fingerprint density at radius 2 is 1.64 bits per heavy atom. The second kappa shape index (κ2) is 10.5. The van der Waals surface area contributed by atoms with Crippen LogP contribution in [0.1, 0.15) is 51.7 Å². The Morgan fingerprint density at radius 1 is 0.923 bits per heavy atom. The van der Waals surface area contributed by atoms with Gasteiger partial charge in [0, 0.05) is 29.7 Å². The van der Waals surface area contributed by atoms with E-state index < -0.39 is 0 Å². The number of likely N-dealkylation sites (tertiary alicyclic amines) is 1. The van der Waals surface area contributed by atoms with E-state index in [0.717, 1.165) is 57.6 Å². The van der Waals surface area contributed by atoms with E-state index in [1.54, 1.807) is 0 Å². The zero-order valence-corrected chi connectivity index (χ0v) is 24.1. The molecule has 0 bridgehead atoms. The van der Waals surface area contributed by atoms with Gasteiger partial charge in [-0.1, -0.05) is 55.1 Å². The van der Waals surface area contributed by atoms with Gasteiger partial charge in [-0.3, -0.25) is 4.90 Å². The number of hydrogen-bond acceptors (Lipinski definition) is 5. The monoisotopic (exact) mass is 520 g/mol. The third kappa shape index (κ3) is 5.55. The van der Waals surface area contributed by atoms with Gasteiger partial charge in [0.2, 0.25) is 0 Å². The molecular weight excluding hydrogens is 480 g/mol. The molecule has 0 N–H and O–H groups in total. The summed E-state index contributed by atoms with van der Waals surface area (Å²) in [6.07, 6.45) is 4.01. The molecule has 3 aromatic carbocycles. The highest BCUT2D eigenvalue weighted by atomic mass is 16.5. The summed E-state index contributed by atoms with van der Waals surface area (Å²) in [7, 11) is 4.39. The lowest BCUT2D eigenvalue weighted by atomic mass is 9.77. The van der Waals surface area contributed by atoms with E-state index in [4.69, 9.17) is 14.9 Å². The Balaban J connectivity index is 1.46. The zero-order valence-electron chi connectivity index (χ0n) is 24.1. The second-order valence-corrected chi connectivity index (χ2v) is 12.1. The quantitative estimate of drug-likeness (QED) is 0.251. The molecule has 1 fully saturated rings. The molecule has 5 heteroatoms. The highest BCUT2D eigenvalue weighted by Gasteiger charge is 2.44. The van der Waals surface area contributed by atoms with Crippen LogP contribution in [0, 0.1) is 0 Å². The molecule has 1 saturated heterocycles. The van der Waals surface area contributed by atoms with Crippen LogP contribution in [0.3, 0.4) is 0 Å². The average molecular weight is 521 g/mol. The van der Waals surface area contributed by atoms with Gasteiger partial charge < -0.3 is 9.64 Å². The molecule has 5 rings (SSSR count). The molecule has 0 aliphatic carbocycles. The van der Waals surface area contributed by atoms with Gasteiger partial charge in [0.05, 0.1) is 5.69 Å². The van der Waals surface area contributed by atoms with Gasteiger partial charge in [-0.05, 0) is 99.8 Å². The minimum Gasteiger partial charge on any atom is -0.488 e. The smallest absolute Gasteiger partial charge is 0.151 e. The minimum absolute atomic E-state index is 0.107. The maximum Gasteiger partial charge on any atom is 0.151 e. The third-order valence-electron chi connectivity index (χ3n) is 8.56. The number of fused-ring (bicyclic) bond motifs is 1. The number of benzene rings is 3. The Bertz CT molecular complexity index is 1440. The minimum atomic E-state index is 0.107. The summed E-state index contributed by atoms with van der Waals surface area (Å²) in [6.45, 7) is 13.7. The lowest BCUT2D eigenvalue weighted by Gasteiger charge is -2.55. The van der Waals surface area contributed by atoms with Crippen molar-refractivity contribution in [3.8, 4) is 17.0 Å². The predicted molar refractivity (Wildman–Crippen MR) is 163 cm³/mol. The van der Waals surface area contributed by atoms with Gasteiger partial charge in [-0.25, -0.2) is 0 Å². The van der Waals surface area contributed by atoms with Crippen molar-refractivity contribution in [2.24, 2.45) is 0 Å². The first-order valence-corrected chi connectivity index (χ1v) is 13.8. The number of rotatable bonds is 7. The molecular formula is C34H40N4O. The first kappa shape index (κ1) is 26.9. The number of aromatic nitrogens is 2. The van der Waals surface area contributed by atoms with Gasteiger partial charge in [-0.15, -0.1) is 10.2 Å². The summed E-state index contributed by atoms with van der Waals surface area (Å²) in [5.74, 6) is 1.69. The predicted octanol–water partition coefficient (Wildman–Crippen LogP) is 7.61. The topological polar surface area (TPSA) is 41.5 Å². The number of hydrogen-bond donors (Lipinski definition) is 0. The van der Waals surface area contributed by atoms with Gasteiger partial charge in [0.15, 0.2) is 5.82 Å². The lowest BCUT2D eigenvalue weighted by Crippen LogP contribution is -2.62. The fourth-order valence-corrected chi connectivity index (χ4v) is 5.91. The Kier molecular flexibility index (Phi) is 7.21. The van der Waals surface area contributed by atoms with Gasteiger partial charge in [0.25, 0.3) is 0 Å². The van der Waals surface area contributed by atoms with E-state index in [2.05, 4.69) is 113 Å². The number of piperidine rings is 1. The van der Waals surface area contributed by atoms with Crippen LogP contribution in [-0.4, -0.2) is 46.3 Å². The van der Waals surface area contributed by atoms with Gasteiger partial charge in [-0.2, -0.15) is 0 Å². The largest absolute Gasteiger partial charge is 0.488 e. The van der Waals surface area contributed by atoms with Crippen LogP contribution in [0.4, 0.5) is 5.82 Å². The van der Waals surface area contributed by atoms with Crippen LogP contribution in [-0.2, 0) is 6.61 Å². The molecule has 1 aliphatic heterocycles. The van der Waals surface area contributed by atoms with Crippen LogP contribution < -0.4 is 9.64 Å². The van der Waals surface area contributed by atoms with Crippen LogP contribution in [0.2, 0.25) is 0 Å². The van der Waals surface area contributed by atoms with Crippen LogP contribution in [0.5, 0.6) is 5.75 Å². The van der Waals surface area contributed by atoms with Crippen molar-refractivity contribution >= 4 is 22.7 Å². The Hall–Kier alpha value is -3.70. The average Bonchev–Trinajstić information content (AvgIpc) is 2.94. The summed E-state index contributed by atoms with van der Waals surface area (Å²) in [6, 6.07) is 25.4. The second-order valence-electron chi connectivity index (χ2n) is 12.1. The number of nitrogens with zero attached hydrogens (tertiary/aromatic N) is 4. The lowest BCUT2D eigenvalue weighted by molar-refractivity contribution is -0.0120. The fourth-order valence-electron chi connectivity index (χ4n) is 5.91. The molecule has 1 aromatic heterocycles. The fraction of sp³-hybridized carbons (Fsp3) is 0.353. The standard InChI is InChI=1S/C34H40N4O/c1-8-24-14-15-26-19-29(31(20-27(26)18-24)39-23-25-12-10-9-11-13-25)30-16-17-32(36-35-30)37(6)28-21-33(2,3)38(7)34(4,5)22-28/h8-20,28H,1,21-23H2,2-7H3. The van der Waals surface area contributed by atoms with Crippen molar-refractivity contribution in [1.29, 1.82) is 0 Å². The van der Waals surface area contributed by atoms with Crippen LogP contribution in [0.15, 0.2) is 79.4 Å². The molecule has 0 spiro atoms. The van der Waals surface area contributed by atoms with E-state index in [1.165, 1.54) is 0 Å². The number of anilines is 1. The van der Waals surface area contributed by atoms with Gasteiger partial charge >= 0.3 is 0 Å². The first-order chi connectivity index (χ1) is 18.6. The van der Waals surface area contributed by atoms with Crippen molar-refractivity contribution in [3.63, 3.8) is 0 Å². The molecule has 0 amide bonds.